The molecule has 19 heavy (non-hydrogen) atoms. The molecule has 0 spiro atoms. The van der Waals surface area contributed by atoms with Crippen molar-refractivity contribution in [1.82, 2.24) is 10.3 Å². The summed E-state index contributed by atoms with van der Waals surface area (Å²) in [6.07, 6.45) is 2.03. The molecule has 4 heteroatoms. The van der Waals surface area contributed by atoms with Gasteiger partial charge >= 0.3 is 0 Å². The maximum atomic E-state index is 5.45. The second-order valence-electron chi connectivity index (χ2n) is 4.52. The van der Waals surface area contributed by atoms with Crippen molar-refractivity contribution in [2.75, 3.05) is 19.8 Å². The van der Waals surface area contributed by atoms with Crippen LogP contribution in [0.25, 0.3) is 10.2 Å². The van der Waals surface area contributed by atoms with Gasteiger partial charge in [0.1, 0.15) is 0 Å². The Balaban J connectivity index is 1.98. The number of fused-ring (bicyclic) bond motifs is 1. The Morgan fingerprint density at radius 1 is 1.32 bits per heavy atom. The van der Waals surface area contributed by atoms with Crippen LogP contribution in [0.2, 0.25) is 0 Å². The minimum atomic E-state index is 0.456. The number of ether oxygens (including phenoxy) is 1. The molecule has 1 atom stereocenters. The lowest BCUT2D eigenvalue weighted by Gasteiger charge is -2.16. The van der Waals surface area contributed by atoms with Gasteiger partial charge in [-0.2, -0.15) is 0 Å². The summed E-state index contributed by atoms with van der Waals surface area (Å²) in [7, 11) is 0. The Bertz CT molecular complexity index is 465. The van der Waals surface area contributed by atoms with Crippen molar-refractivity contribution in [3.63, 3.8) is 0 Å². The van der Waals surface area contributed by atoms with E-state index < -0.39 is 0 Å². The largest absolute Gasteiger partial charge is 0.382 e. The minimum Gasteiger partial charge on any atom is -0.382 e. The van der Waals surface area contributed by atoms with Crippen LogP contribution in [0.5, 0.6) is 0 Å². The van der Waals surface area contributed by atoms with Gasteiger partial charge in [0.2, 0.25) is 0 Å². The second kappa shape index (κ2) is 7.58. The summed E-state index contributed by atoms with van der Waals surface area (Å²) >= 11 is 1.80. The number of hydrogen-bond donors (Lipinski definition) is 1. The van der Waals surface area contributed by atoms with E-state index in [1.807, 2.05) is 13.0 Å². The van der Waals surface area contributed by atoms with Gasteiger partial charge in [0.15, 0.2) is 0 Å². The highest BCUT2D eigenvalue weighted by molar-refractivity contribution is 7.18. The van der Waals surface area contributed by atoms with Crippen LogP contribution in [-0.2, 0) is 11.2 Å². The highest BCUT2D eigenvalue weighted by Gasteiger charge is 2.11. The van der Waals surface area contributed by atoms with E-state index in [1.54, 1.807) is 11.3 Å². The van der Waals surface area contributed by atoms with Crippen LogP contribution in [-0.4, -0.2) is 30.8 Å². The molecule has 1 heterocycles. The van der Waals surface area contributed by atoms with Gasteiger partial charge in [-0.05, 0) is 32.0 Å². The van der Waals surface area contributed by atoms with Gasteiger partial charge in [-0.25, -0.2) is 4.98 Å². The van der Waals surface area contributed by atoms with Gasteiger partial charge in [0.25, 0.3) is 0 Å². The van der Waals surface area contributed by atoms with Crippen molar-refractivity contribution in [3.8, 4) is 0 Å². The summed E-state index contributed by atoms with van der Waals surface area (Å²) in [4.78, 5) is 4.70. The Labute approximate surface area is 119 Å². The maximum absolute atomic E-state index is 5.45. The molecule has 1 aromatic heterocycles. The van der Waals surface area contributed by atoms with E-state index in [0.717, 1.165) is 38.1 Å². The van der Waals surface area contributed by atoms with E-state index >= 15 is 0 Å². The molecular weight excluding hydrogens is 256 g/mol. The van der Waals surface area contributed by atoms with Crippen LogP contribution in [0, 0.1) is 0 Å². The van der Waals surface area contributed by atoms with E-state index in [9.17, 15) is 0 Å². The van der Waals surface area contributed by atoms with Crippen LogP contribution < -0.4 is 5.32 Å². The number of thiazole rings is 1. The first-order chi connectivity index (χ1) is 9.33. The fourth-order valence-corrected chi connectivity index (χ4v) is 3.20. The van der Waals surface area contributed by atoms with E-state index in [0.29, 0.717) is 6.04 Å². The number of para-hydroxylation sites is 1. The lowest BCUT2D eigenvalue weighted by Crippen LogP contribution is -2.32. The maximum Gasteiger partial charge on any atom is 0.0954 e. The van der Waals surface area contributed by atoms with Gasteiger partial charge in [-0.3, -0.25) is 0 Å². The van der Waals surface area contributed by atoms with E-state index in [2.05, 4.69) is 30.4 Å². The quantitative estimate of drug-likeness (QED) is 0.753. The molecule has 0 aliphatic heterocycles. The zero-order valence-electron chi connectivity index (χ0n) is 11.7. The topological polar surface area (TPSA) is 34.1 Å². The standard InChI is InChI=1S/C15H22N2OS/c1-3-16-12(9-10-18-4-2)11-15-17-13-7-5-6-8-14(13)19-15/h5-8,12,16H,3-4,9-11H2,1-2H3. The smallest absolute Gasteiger partial charge is 0.0954 e. The number of nitrogens with one attached hydrogen (secondary N) is 1. The molecule has 3 nitrogen and oxygen atoms in total. The Morgan fingerprint density at radius 3 is 2.89 bits per heavy atom. The van der Waals surface area contributed by atoms with Crippen molar-refractivity contribution in [2.45, 2.75) is 32.7 Å². The van der Waals surface area contributed by atoms with Crippen molar-refractivity contribution in [1.29, 1.82) is 0 Å². The average Bonchev–Trinajstić information content (AvgIpc) is 2.81. The van der Waals surface area contributed by atoms with E-state index in [4.69, 9.17) is 9.72 Å². The average molecular weight is 278 g/mol. The lowest BCUT2D eigenvalue weighted by atomic mass is 10.1. The summed E-state index contributed by atoms with van der Waals surface area (Å²) in [6.45, 7) is 6.78. The molecule has 1 N–H and O–H groups in total. The molecular formula is C15H22N2OS. The SMILES string of the molecule is CCNC(CCOCC)Cc1nc2ccccc2s1. The first-order valence-electron chi connectivity index (χ1n) is 6.99. The summed E-state index contributed by atoms with van der Waals surface area (Å²) in [5.74, 6) is 0. The first kappa shape index (κ1) is 14.4. The molecule has 1 aromatic carbocycles. The molecule has 0 fully saturated rings. The van der Waals surface area contributed by atoms with Crippen LogP contribution in [0.1, 0.15) is 25.3 Å². The predicted molar refractivity (Wildman–Crippen MR) is 81.9 cm³/mol. The third-order valence-electron chi connectivity index (χ3n) is 3.07. The number of hydrogen-bond acceptors (Lipinski definition) is 4. The van der Waals surface area contributed by atoms with Crippen LogP contribution in [0.3, 0.4) is 0 Å². The molecule has 0 amide bonds. The zero-order chi connectivity index (χ0) is 13.5. The Morgan fingerprint density at radius 2 is 2.16 bits per heavy atom. The van der Waals surface area contributed by atoms with Crippen LogP contribution in [0.4, 0.5) is 0 Å². The predicted octanol–water partition coefficient (Wildman–Crippen LogP) is 3.24. The highest BCUT2D eigenvalue weighted by atomic mass is 32.1. The number of benzene rings is 1. The fourth-order valence-electron chi connectivity index (χ4n) is 2.15. The molecule has 0 radical (unpaired) electrons. The Hall–Kier alpha value is -0.970. The molecule has 0 bridgehead atoms. The molecule has 0 aliphatic carbocycles. The van der Waals surface area contributed by atoms with Crippen molar-refractivity contribution < 1.29 is 4.74 Å². The lowest BCUT2D eigenvalue weighted by molar-refractivity contribution is 0.136. The zero-order valence-corrected chi connectivity index (χ0v) is 12.5. The molecule has 1 unspecified atom stereocenters. The monoisotopic (exact) mass is 278 g/mol. The van der Waals surface area contributed by atoms with Crippen molar-refractivity contribution in [3.05, 3.63) is 29.3 Å². The molecule has 104 valence electrons. The van der Waals surface area contributed by atoms with Crippen LogP contribution >= 0.6 is 11.3 Å². The van der Waals surface area contributed by atoms with Crippen molar-refractivity contribution in [2.24, 2.45) is 0 Å². The van der Waals surface area contributed by atoms with Gasteiger partial charge in [-0.1, -0.05) is 19.1 Å². The molecule has 0 saturated carbocycles. The molecule has 2 aromatic rings. The van der Waals surface area contributed by atoms with Gasteiger partial charge in [0.05, 0.1) is 15.2 Å². The number of nitrogens with zero attached hydrogens (tertiary/aromatic N) is 1. The normalized spacial score (nSPS) is 12.9. The summed E-state index contributed by atoms with van der Waals surface area (Å²) in [5, 5.41) is 4.73. The molecule has 0 aliphatic rings. The van der Waals surface area contributed by atoms with E-state index in [-0.39, 0.29) is 0 Å². The summed E-state index contributed by atoms with van der Waals surface area (Å²) in [6, 6.07) is 8.79. The number of likely N-dealkylation sites (N-methyl/N-ethyl adjacent to an activating group) is 1. The van der Waals surface area contributed by atoms with Gasteiger partial charge in [0, 0.05) is 25.7 Å². The van der Waals surface area contributed by atoms with Crippen LogP contribution in [0.15, 0.2) is 24.3 Å². The van der Waals surface area contributed by atoms with Gasteiger partial charge in [-0.15, -0.1) is 11.3 Å². The molecule has 0 saturated heterocycles. The first-order valence-corrected chi connectivity index (χ1v) is 7.80. The molecule has 2 rings (SSSR count). The number of aromatic nitrogens is 1. The third-order valence-corrected chi connectivity index (χ3v) is 4.13. The summed E-state index contributed by atoms with van der Waals surface area (Å²) < 4.78 is 6.73. The fraction of sp³-hybridized carbons (Fsp3) is 0.533. The summed E-state index contributed by atoms with van der Waals surface area (Å²) in [5.41, 5.74) is 1.11. The third kappa shape index (κ3) is 4.27. The highest BCUT2D eigenvalue weighted by Crippen LogP contribution is 2.22. The van der Waals surface area contributed by atoms with Gasteiger partial charge < -0.3 is 10.1 Å². The minimum absolute atomic E-state index is 0.456. The number of rotatable bonds is 8. The van der Waals surface area contributed by atoms with Crippen molar-refractivity contribution >= 4 is 21.6 Å². The second-order valence-corrected chi connectivity index (χ2v) is 5.63. The van der Waals surface area contributed by atoms with E-state index in [1.165, 1.54) is 9.71 Å². The Kier molecular flexibility index (Phi) is 5.76.